The molecule has 0 saturated heterocycles. The number of carbonyl (C=O) groups excluding carboxylic acids is 1. The maximum Gasteiger partial charge on any atom is 0.338 e. The number of hydrogen-bond acceptors (Lipinski definition) is 7. The highest BCUT2D eigenvalue weighted by Crippen LogP contribution is 2.35. The lowest BCUT2D eigenvalue weighted by Gasteiger charge is -2.25. The number of nitrogens with zero attached hydrogens (tertiary/aromatic N) is 2. The van der Waals surface area contributed by atoms with Crippen molar-refractivity contribution in [2.75, 3.05) is 13.2 Å². The lowest BCUT2D eigenvalue weighted by molar-refractivity contribution is -0.138. The maximum atomic E-state index is 14.2. The fraction of sp³-hybridized carbons (Fsp3) is 0.162. The van der Waals surface area contributed by atoms with Crippen LogP contribution in [0.25, 0.3) is 11.8 Å². The van der Waals surface area contributed by atoms with E-state index in [1.54, 1.807) is 11.5 Å². The minimum Gasteiger partial charge on any atom is -0.490 e. The number of benzene rings is 4. The molecule has 46 heavy (non-hydrogen) atoms. The van der Waals surface area contributed by atoms with Gasteiger partial charge in [0.1, 0.15) is 6.61 Å². The second-order valence-electron chi connectivity index (χ2n) is 10.4. The molecule has 0 amide bonds. The summed E-state index contributed by atoms with van der Waals surface area (Å²) in [6.45, 7) is 4.57. The van der Waals surface area contributed by atoms with E-state index < -0.39 is 12.0 Å². The molecule has 1 aromatic heterocycles. The first-order valence-electron chi connectivity index (χ1n) is 14.9. The Kier molecular flexibility index (Phi) is 9.47. The minimum atomic E-state index is -0.728. The molecule has 1 aliphatic heterocycles. The van der Waals surface area contributed by atoms with Crippen LogP contribution in [-0.4, -0.2) is 23.8 Å². The Morgan fingerprint density at radius 2 is 1.61 bits per heavy atom. The first kappa shape index (κ1) is 31.1. The summed E-state index contributed by atoms with van der Waals surface area (Å²) in [6, 6.07) is 31.3. The lowest BCUT2D eigenvalue weighted by Crippen LogP contribution is -2.39. The van der Waals surface area contributed by atoms with Crippen molar-refractivity contribution in [2.24, 2.45) is 4.99 Å². The Balaban J connectivity index is 1.47. The highest BCUT2D eigenvalue weighted by Gasteiger charge is 2.35. The van der Waals surface area contributed by atoms with Crippen LogP contribution in [0.15, 0.2) is 118 Å². The van der Waals surface area contributed by atoms with Gasteiger partial charge >= 0.3 is 5.97 Å². The third-order valence-corrected chi connectivity index (χ3v) is 8.75. The second kappa shape index (κ2) is 14.0. The summed E-state index contributed by atoms with van der Waals surface area (Å²) >= 11 is 7.59. The highest BCUT2D eigenvalue weighted by atomic mass is 35.5. The normalized spacial score (nSPS) is 14.4. The summed E-state index contributed by atoms with van der Waals surface area (Å²) in [5.74, 6) is 0.604. The zero-order valence-electron chi connectivity index (χ0n) is 25.3. The van der Waals surface area contributed by atoms with Gasteiger partial charge in [-0.1, -0.05) is 108 Å². The fourth-order valence-corrected chi connectivity index (χ4v) is 6.51. The zero-order valence-corrected chi connectivity index (χ0v) is 26.9. The lowest BCUT2D eigenvalue weighted by atomic mass is 9.93. The van der Waals surface area contributed by atoms with Gasteiger partial charge in [0.2, 0.25) is 0 Å². The molecule has 4 aromatic carbocycles. The summed E-state index contributed by atoms with van der Waals surface area (Å²) in [4.78, 5) is 33.2. The van der Waals surface area contributed by atoms with Gasteiger partial charge in [0, 0.05) is 16.1 Å². The molecule has 0 aliphatic carbocycles. The first-order chi connectivity index (χ1) is 22.5. The SMILES string of the molecule is CCOC(=O)C1=C(c2ccccc2)N=c2sc(=Cc3ccc(OCc4ccccc4Cl)c(OCC)c3)c(=O)n2C1c1ccccc1. The van der Waals surface area contributed by atoms with Gasteiger partial charge in [-0.15, -0.1) is 0 Å². The predicted molar refractivity (Wildman–Crippen MR) is 181 cm³/mol. The van der Waals surface area contributed by atoms with Crippen molar-refractivity contribution in [2.45, 2.75) is 26.5 Å². The Morgan fingerprint density at radius 1 is 0.891 bits per heavy atom. The van der Waals surface area contributed by atoms with Crippen LogP contribution < -0.4 is 24.4 Å². The zero-order chi connectivity index (χ0) is 32.0. The number of thiazole rings is 1. The maximum absolute atomic E-state index is 14.2. The number of hydrogen-bond donors (Lipinski definition) is 0. The van der Waals surface area contributed by atoms with Gasteiger partial charge in [-0.25, -0.2) is 9.79 Å². The topological polar surface area (TPSA) is 79.1 Å². The number of aromatic nitrogens is 1. The quantitative estimate of drug-likeness (QED) is 0.160. The van der Waals surface area contributed by atoms with E-state index in [0.29, 0.717) is 43.7 Å². The predicted octanol–water partition coefficient (Wildman–Crippen LogP) is 6.57. The van der Waals surface area contributed by atoms with Crippen molar-refractivity contribution in [3.8, 4) is 11.5 Å². The van der Waals surface area contributed by atoms with Crippen LogP contribution in [0.4, 0.5) is 0 Å². The molecular formula is C37H31ClN2O5S. The summed E-state index contributed by atoms with van der Waals surface area (Å²) in [5.41, 5.74) is 3.70. The molecule has 6 rings (SSSR count). The van der Waals surface area contributed by atoms with Crippen molar-refractivity contribution < 1.29 is 19.0 Å². The Hall–Kier alpha value is -4.92. The summed E-state index contributed by atoms with van der Waals surface area (Å²) in [7, 11) is 0. The van der Waals surface area contributed by atoms with E-state index in [9.17, 15) is 9.59 Å². The molecule has 0 N–H and O–H groups in total. The van der Waals surface area contributed by atoms with Crippen LogP contribution in [0.2, 0.25) is 5.02 Å². The molecule has 1 aliphatic rings. The van der Waals surface area contributed by atoms with Gasteiger partial charge < -0.3 is 14.2 Å². The van der Waals surface area contributed by atoms with Crippen LogP contribution in [0.5, 0.6) is 11.5 Å². The molecule has 0 fully saturated rings. The summed E-state index contributed by atoms with van der Waals surface area (Å²) in [5, 5.41) is 0.628. The Bertz CT molecular complexity index is 2090. The van der Waals surface area contributed by atoms with E-state index in [1.165, 1.54) is 11.3 Å². The van der Waals surface area contributed by atoms with Crippen LogP contribution >= 0.6 is 22.9 Å². The average molecular weight is 651 g/mol. The van der Waals surface area contributed by atoms with Crippen LogP contribution in [-0.2, 0) is 16.1 Å². The number of rotatable bonds is 10. The molecule has 232 valence electrons. The van der Waals surface area contributed by atoms with Crippen molar-refractivity contribution in [3.63, 3.8) is 0 Å². The molecule has 2 heterocycles. The van der Waals surface area contributed by atoms with Gasteiger partial charge in [-0.2, -0.15) is 0 Å². The highest BCUT2D eigenvalue weighted by molar-refractivity contribution is 7.07. The third kappa shape index (κ3) is 6.40. The first-order valence-corrected chi connectivity index (χ1v) is 16.1. The molecule has 1 atom stereocenters. The number of carbonyl (C=O) groups is 1. The van der Waals surface area contributed by atoms with Crippen molar-refractivity contribution >= 4 is 40.7 Å². The fourth-order valence-electron chi connectivity index (χ4n) is 5.32. The standard InChI is InChI=1S/C37H31ClN2O5S/c1-3-43-30-21-24(19-20-29(30)45-23-27-17-11-12-18-28(27)38)22-31-35(41)40-34(26-15-9-6-10-16-26)32(36(42)44-4-2)33(39-37(40)46-31)25-13-7-5-8-14-25/h5-22,34H,3-4,23H2,1-2H3. The molecule has 0 saturated carbocycles. The van der Waals surface area contributed by atoms with Crippen molar-refractivity contribution in [3.05, 3.63) is 156 Å². The monoisotopic (exact) mass is 650 g/mol. The molecule has 0 spiro atoms. The van der Waals surface area contributed by atoms with E-state index in [2.05, 4.69) is 0 Å². The van der Waals surface area contributed by atoms with Gasteiger partial charge in [0.15, 0.2) is 16.3 Å². The van der Waals surface area contributed by atoms with Crippen molar-refractivity contribution in [1.82, 2.24) is 4.57 Å². The largest absolute Gasteiger partial charge is 0.490 e. The smallest absolute Gasteiger partial charge is 0.338 e. The number of esters is 1. The summed E-state index contributed by atoms with van der Waals surface area (Å²) < 4.78 is 19.6. The van der Waals surface area contributed by atoms with Crippen molar-refractivity contribution in [1.29, 1.82) is 0 Å². The molecule has 7 nitrogen and oxygen atoms in total. The van der Waals surface area contributed by atoms with Gasteiger partial charge in [-0.3, -0.25) is 9.36 Å². The van der Waals surface area contributed by atoms with Crippen LogP contribution in [0, 0.1) is 0 Å². The molecule has 1 unspecified atom stereocenters. The number of halogens is 1. The van der Waals surface area contributed by atoms with E-state index in [1.807, 2.05) is 116 Å². The number of fused-ring (bicyclic) bond motifs is 1. The van der Waals surface area contributed by atoms with Crippen LogP contribution in [0.3, 0.4) is 0 Å². The van der Waals surface area contributed by atoms with E-state index in [0.717, 1.165) is 22.3 Å². The molecule has 0 bridgehead atoms. The Morgan fingerprint density at radius 3 is 2.33 bits per heavy atom. The molecule has 9 heteroatoms. The van der Waals surface area contributed by atoms with Gasteiger partial charge in [0.25, 0.3) is 5.56 Å². The van der Waals surface area contributed by atoms with E-state index >= 15 is 0 Å². The van der Waals surface area contributed by atoms with Gasteiger partial charge in [-0.05, 0) is 49.2 Å². The number of ether oxygens (including phenoxy) is 3. The summed E-state index contributed by atoms with van der Waals surface area (Å²) in [6.07, 6.45) is 1.81. The van der Waals surface area contributed by atoms with E-state index in [4.69, 9.17) is 30.8 Å². The third-order valence-electron chi connectivity index (χ3n) is 7.40. The van der Waals surface area contributed by atoms with Crippen LogP contribution in [0.1, 0.15) is 42.1 Å². The molecule has 5 aromatic rings. The molecular weight excluding hydrogens is 620 g/mol. The average Bonchev–Trinajstić information content (AvgIpc) is 3.39. The molecule has 0 radical (unpaired) electrons. The second-order valence-corrected chi connectivity index (χ2v) is 11.8. The Labute approximate surface area is 275 Å². The van der Waals surface area contributed by atoms with Gasteiger partial charge in [0.05, 0.1) is 35.1 Å². The minimum absolute atomic E-state index is 0.191. The van der Waals surface area contributed by atoms with E-state index in [-0.39, 0.29) is 18.8 Å².